The van der Waals surface area contributed by atoms with Gasteiger partial charge in [0.05, 0.1) is 22.5 Å². The number of Topliss-reactive ketones (excluding diaryl/α,β-unsaturated/α-hetero) is 1. The molecule has 8 aromatic rings. The Bertz CT molecular complexity index is 2990. The summed E-state index contributed by atoms with van der Waals surface area (Å²) in [4.78, 5) is 41.1. The monoisotopic (exact) mass is 813 g/mol. The van der Waals surface area contributed by atoms with Crippen LogP contribution in [0.15, 0.2) is 166 Å². The molecule has 1 amide bonds. The van der Waals surface area contributed by atoms with Gasteiger partial charge in [-0.3, -0.25) is 14.4 Å². The van der Waals surface area contributed by atoms with Crippen LogP contribution in [0.1, 0.15) is 67.2 Å². The molecule has 10 heteroatoms. The molecule has 0 heterocycles. The molecule has 3 N–H and O–H groups in total. The van der Waals surface area contributed by atoms with E-state index in [4.69, 9.17) is 0 Å². The van der Waals surface area contributed by atoms with E-state index in [9.17, 15) is 24.6 Å². The van der Waals surface area contributed by atoms with Crippen LogP contribution in [0.2, 0.25) is 0 Å². The molecule has 0 fully saturated rings. The van der Waals surface area contributed by atoms with Crippen LogP contribution >= 0.6 is 0 Å². The Balaban J connectivity index is 0.992. The first kappa shape index (κ1) is 39.4. The van der Waals surface area contributed by atoms with Gasteiger partial charge in [-0.1, -0.05) is 117 Å². The molecule has 0 atom stereocenters. The van der Waals surface area contributed by atoms with Crippen molar-refractivity contribution >= 4 is 67.5 Å². The molecule has 0 radical (unpaired) electrons. The zero-order valence-electron chi connectivity index (χ0n) is 33.9. The van der Waals surface area contributed by atoms with Gasteiger partial charge in [0.1, 0.15) is 11.4 Å². The van der Waals surface area contributed by atoms with Gasteiger partial charge in [-0.25, -0.2) is 0 Å². The van der Waals surface area contributed by atoms with Crippen molar-refractivity contribution < 1.29 is 24.6 Å². The average molecular weight is 814 g/mol. The van der Waals surface area contributed by atoms with Gasteiger partial charge >= 0.3 is 0 Å². The fourth-order valence-corrected chi connectivity index (χ4v) is 8.10. The van der Waals surface area contributed by atoms with Gasteiger partial charge in [-0.15, -0.1) is 10.2 Å². The standard InChI is InChI=1S/C52H39N5O5/c1-3-30-13-5-6-15-32(30)27-46(58)43-25-33-16-7-10-18-37(33)47(50(43)60)56-54-35-21-23-39-40-24-22-36(29-42(40)49(59)41(39)28-35)55-57-48-38-19-11-8-17-34(38)26-44(51(48)61)52(62)53-45-20-12-9-14-31(45)4-2/h5-26,28-29,60-61H,3-4,27H2,1-2H3,(H,53,62). The molecule has 0 aliphatic heterocycles. The number of amides is 1. The van der Waals surface area contributed by atoms with Gasteiger partial charge in [-0.05, 0) is 93.9 Å². The van der Waals surface area contributed by atoms with Crippen LogP contribution in [-0.2, 0) is 19.3 Å². The number of nitrogens with one attached hydrogen (secondary N) is 1. The van der Waals surface area contributed by atoms with E-state index < -0.39 is 5.91 Å². The van der Waals surface area contributed by atoms with E-state index in [2.05, 4.69) is 25.8 Å². The molecule has 0 aromatic heterocycles. The summed E-state index contributed by atoms with van der Waals surface area (Å²) in [7, 11) is 0. The summed E-state index contributed by atoms with van der Waals surface area (Å²) < 4.78 is 0. The number of aryl methyl sites for hydroxylation is 2. The Kier molecular flexibility index (Phi) is 10.5. The minimum absolute atomic E-state index is 0.0502. The molecular weight excluding hydrogens is 775 g/mol. The first-order valence-electron chi connectivity index (χ1n) is 20.4. The van der Waals surface area contributed by atoms with Crippen LogP contribution in [-0.4, -0.2) is 27.7 Å². The number of anilines is 1. The average Bonchev–Trinajstić information content (AvgIpc) is 3.57. The van der Waals surface area contributed by atoms with E-state index in [0.717, 1.165) is 34.9 Å². The second-order valence-electron chi connectivity index (χ2n) is 15.1. The Morgan fingerprint density at radius 1 is 0.516 bits per heavy atom. The lowest BCUT2D eigenvalue weighted by Gasteiger charge is -2.13. The van der Waals surface area contributed by atoms with Gasteiger partial charge in [0.2, 0.25) is 0 Å². The number of para-hydroxylation sites is 1. The summed E-state index contributed by atoms with van der Waals surface area (Å²) in [6.07, 6.45) is 1.63. The Hall–Kier alpha value is -8.11. The number of azo groups is 2. The van der Waals surface area contributed by atoms with Gasteiger partial charge < -0.3 is 15.5 Å². The van der Waals surface area contributed by atoms with E-state index >= 15 is 0 Å². The van der Waals surface area contributed by atoms with Gasteiger partial charge in [0.25, 0.3) is 5.91 Å². The second kappa shape index (κ2) is 16.5. The number of rotatable bonds is 11. The number of fused-ring (bicyclic) bond motifs is 5. The molecule has 1 aliphatic carbocycles. The van der Waals surface area contributed by atoms with Gasteiger partial charge in [0.15, 0.2) is 23.1 Å². The molecule has 0 unspecified atom stereocenters. The number of benzene rings is 8. The summed E-state index contributed by atoms with van der Waals surface area (Å²) in [5.41, 5.74) is 7.11. The highest BCUT2D eigenvalue weighted by molar-refractivity contribution is 6.22. The molecule has 62 heavy (non-hydrogen) atoms. The maximum absolute atomic E-state index is 13.9. The molecule has 9 rings (SSSR count). The number of nitrogens with zero attached hydrogens (tertiary/aromatic N) is 4. The van der Waals surface area contributed by atoms with Crippen molar-refractivity contribution in [1.29, 1.82) is 0 Å². The number of hydrogen-bond acceptors (Lipinski definition) is 9. The lowest BCUT2D eigenvalue weighted by atomic mass is 9.95. The van der Waals surface area contributed by atoms with Crippen molar-refractivity contribution in [3.8, 4) is 22.6 Å². The predicted octanol–water partition coefficient (Wildman–Crippen LogP) is 13.2. The Labute approximate surface area is 357 Å². The minimum Gasteiger partial charge on any atom is -0.505 e. The summed E-state index contributed by atoms with van der Waals surface area (Å²) in [6, 6.07) is 43.6. The topological polar surface area (TPSA) is 153 Å². The van der Waals surface area contributed by atoms with Crippen LogP contribution < -0.4 is 5.32 Å². The quantitative estimate of drug-likeness (QED) is 0.0876. The lowest BCUT2D eigenvalue weighted by Crippen LogP contribution is -2.13. The van der Waals surface area contributed by atoms with Crippen molar-refractivity contribution in [2.75, 3.05) is 5.32 Å². The summed E-state index contributed by atoms with van der Waals surface area (Å²) in [5.74, 6) is -1.53. The van der Waals surface area contributed by atoms with Gasteiger partial charge in [0, 0.05) is 34.0 Å². The molecule has 0 saturated heterocycles. The van der Waals surface area contributed by atoms with Crippen molar-refractivity contribution in [2.45, 2.75) is 33.1 Å². The number of phenolic OH excluding ortho intramolecular Hbond substituents is 2. The highest BCUT2D eigenvalue weighted by Crippen LogP contribution is 2.44. The fourth-order valence-electron chi connectivity index (χ4n) is 8.10. The molecule has 10 nitrogen and oxygen atoms in total. The van der Waals surface area contributed by atoms with E-state index in [1.54, 1.807) is 54.6 Å². The number of hydrogen-bond donors (Lipinski definition) is 3. The van der Waals surface area contributed by atoms with E-state index in [1.165, 1.54) is 0 Å². The van der Waals surface area contributed by atoms with Crippen LogP contribution in [0, 0.1) is 0 Å². The maximum Gasteiger partial charge on any atom is 0.259 e. The fraction of sp³-hybridized carbons (Fsp3) is 0.0962. The SMILES string of the molecule is CCc1ccccc1CC(=O)c1cc2ccccc2c(N=Nc2ccc3c(c2)C(=O)c2cc(N=Nc4c(O)c(C(=O)Nc5ccccc5CC)cc5ccccc45)ccc2-3)c1O. The molecule has 1 aliphatic rings. The number of phenols is 2. The number of ketones is 2. The van der Waals surface area contributed by atoms with Gasteiger partial charge in [-0.2, -0.15) is 10.2 Å². The van der Waals surface area contributed by atoms with E-state index in [0.29, 0.717) is 55.5 Å². The molecule has 8 aromatic carbocycles. The van der Waals surface area contributed by atoms with Crippen LogP contribution in [0.5, 0.6) is 11.5 Å². The van der Waals surface area contributed by atoms with Crippen molar-refractivity contribution in [1.82, 2.24) is 0 Å². The summed E-state index contributed by atoms with van der Waals surface area (Å²) in [6.45, 7) is 4.04. The highest BCUT2D eigenvalue weighted by atomic mass is 16.3. The van der Waals surface area contributed by atoms with Crippen molar-refractivity contribution in [2.24, 2.45) is 20.5 Å². The van der Waals surface area contributed by atoms with Crippen LogP contribution in [0.3, 0.4) is 0 Å². The zero-order valence-corrected chi connectivity index (χ0v) is 33.9. The van der Waals surface area contributed by atoms with Crippen LogP contribution in [0.25, 0.3) is 32.7 Å². The normalized spacial score (nSPS) is 12.1. The Morgan fingerprint density at radius 3 is 1.58 bits per heavy atom. The second-order valence-corrected chi connectivity index (χ2v) is 15.1. The highest BCUT2D eigenvalue weighted by Gasteiger charge is 2.28. The first-order valence-corrected chi connectivity index (χ1v) is 20.4. The summed E-state index contributed by atoms with van der Waals surface area (Å²) in [5, 5.41) is 46.3. The van der Waals surface area contributed by atoms with Crippen molar-refractivity contribution in [3.05, 3.63) is 185 Å². The third-order valence-electron chi connectivity index (χ3n) is 11.3. The molecule has 0 saturated carbocycles. The first-order chi connectivity index (χ1) is 30.2. The third-order valence-corrected chi connectivity index (χ3v) is 11.3. The number of carbonyl (C=O) groups is 3. The maximum atomic E-state index is 13.9. The van der Waals surface area contributed by atoms with Crippen molar-refractivity contribution in [3.63, 3.8) is 0 Å². The number of aromatic hydroxyl groups is 2. The molecule has 0 bridgehead atoms. The molecular formula is C52H39N5O5. The lowest BCUT2D eigenvalue weighted by molar-refractivity contribution is 0.0987. The van der Waals surface area contributed by atoms with E-state index in [1.807, 2.05) is 105 Å². The third kappa shape index (κ3) is 7.28. The number of carbonyl (C=O) groups excluding carboxylic acids is 3. The van der Waals surface area contributed by atoms with E-state index in [-0.39, 0.29) is 52.0 Å². The van der Waals surface area contributed by atoms with Crippen LogP contribution in [0.4, 0.5) is 28.4 Å². The predicted molar refractivity (Wildman–Crippen MR) is 243 cm³/mol. The molecule has 0 spiro atoms. The summed E-state index contributed by atoms with van der Waals surface area (Å²) >= 11 is 0. The largest absolute Gasteiger partial charge is 0.505 e. The Morgan fingerprint density at radius 2 is 1.00 bits per heavy atom. The minimum atomic E-state index is -0.483. The zero-order chi connectivity index (χ0) is 42.9. The molecule has 302 valence electrons. The smallest absolute Gasteiger partial charge is 0.259 e.